The van der Waals surface area contributed by atoms with E-state index in [0.29, 0.717) is 0 Å². The summed E-state index contributed by atoms with van der Waals surface area (Å²) in [5.74, 6) is 2.03. The number of halogens is 1. The van der Waals surface area contributed by atoms with Crippen molar-refractivity contribution in [2.45, 2.75) is 38.6 Å². The highest BCUT2D eigenvalue weighted by Gasteiger charge is 2.35. The van der Waals surface area contributed by atoms with E-state index >= 15 is 0 Å². The van der Waals surface area contributed by atoms with Crippen molar-refractivity contribution in [3.63, 3.8) is 0 Å². The van der Waals surface area contributed by atoms with Crippen LogP contribution in [0.25, 0.3) is 10.2 Å². The first kappa shape index (κ1) is 13.6. The molecule has 0 amide bonds. The Labute approximate surface area is 129 Å². The zero-order valence-corrected chi connectivity index (χ0v) is 14.4. The van der Waals surface area contributed by atoms with Gasteiger partial charge in [-0.15, -0.1) is 0 Å². The summed E-state index contributed by atoms with van der Waals surface area (Å²) in [7, 11) is 0. The number of thiophene rings is 1. The lowest BCUT2D eigenvalue weighted by Gasteiger charge is -2.01. The third-order valence-corrected chi connectivity index (χ3v) is 6.05. The molecule has 0 radical (unpaired) electrons. The predicted molar refractivity (Wildman–Crippen MR) is 83.9 cm³/mol. The topological polar surface area (TPSA) is 26.0 Å². The van der Waals surface area contributed by atoms with Crippen LogP contribution in [-0.2, 0) is 6.54 Å². The Hall–Kier alpha value is -0.330. The minimum Gasteiger partial charge on any atom is -0.453 e. The molecule has 3 nitrogen and oxygen atoms in total. The second kappa shape index (κ2) is 5.22. The molecule has 19 heavy (non-hydrogen) atoms. The lowest BCUT2D eigenvalue weighted by molar-refractivity contribution is -0.721. The van der Waals surface area contributed by atoms with Crippen molar-refractivity contribution < 1.29 is 9.30 Å². The van der Waals surface area contributed by atoms with Crippen molar-refractivity contribution in [2.75, 3.05) is 11.1 Å². The highest BCUT2D eigenvalue weighted by molar-refractivity contribution is 9.09. The number of aryl methyl sites for hydroxylation is 2. The van der Waals surface area contributed by atoms with Crippen LogP contribution in [0.5, 0.6) is 5.88 Å². The van der Waals surface area contributed by atoms with E-state index in [2.05, 4.69) is 41.3 Å². The summed E-state index contributed by atoms with van der Waals surface area (Å²) in [6.45, 7) is 7.36. The van der Waals surface area contributed by atoms with Crippen LogP contribution in [0.2, 0.25) is 0 Å². The van der Waals surface area contributed by atoms with Crippen LogP contribution < -0.4 is 9.30 Å². The lowest BCUT2D eigenvalue weighted by atomic mass is 10.2. The van der Waals surface area contributed by atoms with Crippen LogP contribution in [0.15, 0.2) is 5.16 Å². The molecule has 0 bridgehead atoms. The molecular formula is C13H16BrN2OS2+. The van der Waals surface area contributed by atoms with Gasteiger partial charge in [0.2, 0.25) is 4.83 Å². The average molecular weight is 360 g/mol. The molecule has 1 aliphatic heterocycles. The van der Waals surface area contributed by atoms with Gasteiger partial charge in [-0.2, -0.15) is 4.57 Å². The fourth-order valence-corrected chi connectivity index (χ4v) is 4.45. The monoisotopic (exact) mass is 359 g/mol. The molecule has 0 saturated heterocycles. The second-order valence-corrected chi connectivity index (χ2v) is 7.68. The van der Waals surface area contributed by atoms with Crippen molar-refractivity contribution in [2.24, 2.45) is 0 Å². The van der Waals surface area contributed by atoms with Crippen molar-refractivity contribution in [1.82, 2.24) is 4.98 Å². The third-order valence-electron chi connectivity index (χ3n) is 3.36. The van der Waals surface area contributed by atoms with Gasteiger partial charge in [-0.25, -0.2) is 0 Å². The first-order valence-corrected chi connectivity index (χ1v) is 9.27. The van der Waals surface area contributed by atoms with E-state index in [1.165, 1.54) is 15.8 Å². The second-order valence-electron chi connectivity index (χ2n) is 4.60. The summed E-state index contributed by atoms with van der Waals surface area (Å²) in [4.78, 5) is 7.27. The number of aromatic nitrogens is 2. The fourth-order valence-electron chi connectivity index (χ4n) is 2.31. The summed E-state index contributed by atoms with van der Waals surface area (Å²) >= 11 is 7.07. The van der Waals surface area contributed by atoms with Crippen molar-refractivity contribution in [3.05, 3.63) is 10.4 Å². The zero-order valence-electron chi connectivity index (χ0n) is 11.2. The molecule has 6 heteroatoms. The molecular weight excluding hydrogens is 344 g/mol. The largest absolute Gasteiger partial charge is 0.453 e. The Balaban J connectivity index is 2.25. The average Bonchev–Trinajstić information content (AvgIpc) is 2.92. The molecule has 3 rings (SSSR count). The first-order valence-electron chi connectivity index (χ1n) is 6.34. The van der Waals surface area contributed by atoms with Crippen LogP contribution in [0, 0.1) is 13.8 Å². The van der Waals surface area contributed by atoms with Crippen LogP contribution in [0.4, 0.5) is 0 Å². The van der Waals surface area contributed by atoms with Crippen LogP contribution in [-0.4, -0.2) is 22.2 Å². The lowest BCUT2D eigenvalue weighted by Crippen LogP contribution is -2.36. The van der Waals surface area contributed by atoms with Gasteiger partial charge in [0.25, 0.3) is 5.88 Å². The quantitative estimate of drug-likeness (QED) is 0.363. The van der Waals surface area contributed by atoms with E-state index in [1.54, 1.807) is 23.1 Å². The Kier molecular flexibility index (Phi) is 3.75. The van der Waals surface area contributed by atoms with Gasteiger partial charge in [-0.1, -0.05) is 34.2 Å². The molecule has 102 valence electrons. The summed E-state index contributed by atoms with van der Waals surface area (Å²) in [5, 5.41) is 3.13. The molecule has 0 fully saturated rings. The van der Waals surface area contributed by atoms with Crippen molar-refractivity contribution in [1.29, 1.82) is 0 Å². The molecule has 2 aromatic rings. The van der Waals surface area contributed by atoms with Gasteiger partial charge in [-0.05, 0) is 36.2 Å². The van der Waals surface area contributed by atoms with Crippen LogP contribution >= 0.6 is 39.0 Å². The van der Waals surface area contributed by atoms with Crippen LogP contribution in [0.3, 0.4) is 0 Å². The molecule has 0 aliphatic carbocycles. The van der Waals surface area contributed by atoms with E-state index in [1.807, 2.05) is 0 Å². The number of fused-ring (bicyclic) bond motifs is 3. The molecule has 2 aromatic heterocycles. The molecule has 1 aliphatic rings. The number of nitrogens with zero attached hydrogens (tertiary/aromatic N) is 2. The van der Waals surface area contributed by atoms with Crippen molar-refractivity contribution in [3.8, 4) is 5.88 Å². The molecule has 0 saturated carbocycles. The van der Waals surface area contributed by atoms with E-state index in [9.17, 15) is 0 Å². The Morgan fingerprint density at radius 3 is 3.00 bits per heavy atom. The number of ether oxygens (including phenoxy) is 1. The maximum Gasteiger partial charge on any atom is 0.363 e. The molecule has 3 heterocycles. The summed E-state index contributed by atoms with van der Waals surface area (Å²) in [6.07, 6.45) is 0.211. The van der Waals surface area contributed by atoms with Gasteiger partial charge in [0.15, 0.2) is 0 Å². The SMILES string of the molecule is CCSc1nc2sc(C)c(C)c2c2[n+]1C[C@@H](CBr)O2. The molecule has 0 N–H and O–H groups in total. The Morgan fingerprint density at radius 2 is 2.32 bits per heavy atom. The predicted octanol–water partition coefficient (Wildman–Crippen LogP) is 3.47. The highest BCUT2D eigenvalue weighted by Crippen LogP contribution is 2.37. The number of rotatable bonds is 3. The third kappa shape index (κ3) is 2.17. The molecule has 0 aromatic carbocycles. The molecule has 0 spiro atoms. The van der Waals surface area contributed by atoms with Gasteiger partial charge in [0.1, 0.15) is 18.0 Å². The minimum absolute atomic E-state index is 0.211. The summed E-state index contributed by atoms with van der Waals surface area (Å²) in [6, 6.07) is 0. The van der Waals surface area contributed by atoms with Gasteiger partial charge in [-0.3, -0.25) is 0 Å². The number of hydrogen-bond acceptors (Lipinski definition) is 4. The first-order chi connectivity index (χ1) is 9.15. The number of alkyl halides is 1. The number of hydrogen-bond donors (Lipinski definition) is 0. The van der Waals surface area contributed by atoms with E-state index < -0.39 is 0 Å². The molecule has 0 unspecified atom stereocenters. The van der Waals surface area contributed by atoms with E-state index in [0.717, 1.165) is 33.5 Å². The van der Waals surface area contributed by atoms with Gasteiger partial charge >= 0.3 is 5.16 Å². The van der Waals surface area contributed by atoms with Gasteiger partial charge in [0, 0.05) is 16.0 Å². The van der Waals surface area contributed by atoms with Crippen molar-refractivity contribution >= 4 is 49.2 Å². The van der Waals surface area contributed by atoms with Gasteiger partial charge in [0.05, 0.1) is 0 Å². The smallest absolute Gasteiger partial charge is 0.363 e. The minimum atomic E-state index is 0.211. The summed E-state index contributed by atoms with van der Waals surface area (Å²) < 4.78 is 8.36. The summed E-state index contributed by atoms with van der Waals surface area (Å²) in [5.41, 5.74) is 1.31. The Bertz CT molecular complexity index is 641. The zero-order chi connectivity index (χ0) is 13.6. The van der Waals surface area contributed by atoms with Gasteiger partial charge < -0.3 is 4.74 Å². The fraction of sp³-hybridized carbons (Fsp3) is 0.538. The Morgan fingerprint density at radius 1 is 1.53 bits per heavy atom. The normalized spacial score (nSPS) is 17.8. The highest BCUT2D eigenvalue weighted by atomic mass is 79.9. The number of thioether (sulfide) groups is 1. The maximum atomic E-state index is 6.12. The maximum absolute atomic E-state index is 6.12. The van der Waals surface area contributed by atoms with Crippen LogP contribution in [0.1, 0.15) is 17.4 Å². The molecule has 1 atom stereocenters. The van der Waals surface area contributed by atoms with E-state index in [4.69, 9.17) is 9.72 Å². The standard InChI is InChI=1S/C13H16BrN2OS2/c1-4-18-13-15-11-10(7(2)8(3)19-11)12-16(13)6-9(5-14)17-12/h9H,4-6H2,1-3H3/q+1/t9-/m1/s1. The van der Waals surface area contributed by atoms with E-state index in [-0.39, 0.29) is 6.10 Å².